The lowest BCUT2D eigenvalue weighted by Crippen LogP contribution is -2.45. The number of benzene rings is 1. The molecule has 2 nitrogen and oxygen atoms in total. The quantitative estimate of drug-likeness (QED) is 0.861. The largest absolute Gasteiger partial charge is 0.394 e. The zero-order valence-corrected chi connectivity index (χ0v) is 11.7. The van der Waals surface area contributed by atoms with Crippen LogP contribution in [0, 0.1) is 5.92 Å². The molecule has 1 saturated carbocycles. The molecule has 2 rings (SSSR count). The minimum absolute atomic E-state index is 0.139. The normalized spacial score (nSPS) is 28.1. The van der Waals surface area contributed by atoms with Crippen LogP contribution in [0.25, 0.3) is 0 Å². The summed E-state index contributed by atoms with van der Waals surface area (Å²) in [5.74, 6) is 0.830. The number of rotatable bonds is 4. The lowest BCUT2D eigenvalue weighted by Gasteiger charge is -2.40. The Kier molecular flexibility index (Phi) is 4.52. The van der Waals surface area contributed by atoms with E-state index in [4.69, 9.17) is 11.6 Å². The van der Waals surface area contributed by atoms with Crippen LogP contribution in [0.5, 0.6) is 0 Å². The van der Waals surface area contributed by atoms with E-state index in [9.17, 15) is 5.11 Å². The second-order valence-corrected chi connectivity index (χ2v) is 5.86. The van der Waals surface area contributed by atoms with E-state index in [-0.39, 0.29) is 12.1 Å². The molecule has 100 valence electrons. The number of aliphatic hydroxyl groups is 1. The number of hydrogen-bond acceptors (Lipinski definition) is 2. The van der Waals surface area contributed by atoms with E-state index in [1.54, 1.807) is 0 Å². The van der Waals surface area contributed by atoms with Gasteiger partial charge in [-0.05, 0) is 55.9 Å². The molecule has 0 radical (unpaired) electrons. The van der Waals surface area contributed by atoms with Crippen molar-refractivity contribution in [2.75, 3.05) is 11.9 Å². The molecule has 0 bridgehead atoms. The molecule has 1 fully saturated rings. The van der Waals surface area contributed by atoms with Crippen molar-refractivity contribution < 1.29 is 5.11 Å². The predicted molar refractivity (Wildman–Crippen MR) is 77.1 cm³/mol. The minimum atomic E-state index is -0.139. The van der Waals surface area contributed by atoms with Gasteiger partial charge in [-0.2, -0.15) is 0 Å². The van der Waals surface area contributed by atoms with Crippen molar-refractivity contribution in [3.8, 4) is 0 Å². The lowest BCUT2D eigenvalue weighted by atomic mass is 9.76. The van der Waals surface area contributed by atoms with Crippen LogP contribution in [-0.4, -0.2) is 17.3 Å². The van der Waals surface area contributed by atoms with Gasteiger partial charge < -0.3 is 10.4 Å². The van der Waals surface area contributed by atoms with Crippen LogP contribution < -0.4 is 5.32 Å². The third-order valence-corrected chi connectivity index (χ3v) is 4.45. The van der Waals surface area contributed by atoms with Crippen molar-refractivity contribution in [1.82, 2.24) is 0 Å². The molecule has 0 aliphatic heterocycles. The standard InChI is InChI=1S/C15H22ClNO/c1-2-12-7-9-15(11-18,10-8-12)17-14-5-3-13(16)4-6-14/h3-6,12,17-18H,2,7-11H2,1H3. The van der Waals surface area contributed by atoms with Gasteiger partial charge in [0.05, 0.1) is 12.1 Å². The fourth-order valence-corrected chi connectivity index (χ4v) is 2.93. The average Bonchev–Trinajstić information content (AvgIpc) is 2.42. The molecule has 0 spiro atoms. The molecule has 1 aliphatic rings. The maximum Gasteiger partial charge on any atom is 0.0661 e. The number of nitrogens with one attached hydrogen (secondary N) is 1. The molecular formula is C15H22ClNO. The van der Waals surface area contributed by atoms with E-state index in [0.29, 0.717) is 0 Å². The Hall–Kier alpha value is -0.730. The molecule has 0 atom stereocenters. The summed E-state index contributed by atoms with van der Waals surface area (Å²) in [6.07, 6.45) is 5.76. The van der Waals surface area contributed by atoms with Gasteiger partial charge in [-0.1, -0.05) is 24.9 Å². The highest BCUT2D eigenvalue weighted by Gasteiger charge is 2.34. The van der Waals surface area contributed by atoms with Gasteiger partial charge in [-0.3, -0.25) is 0 Å². The molecule has 1 aromatic carbocycles. The summed E-state index contributed by atoms with van der Waals surface area (Å²) >= 11 is 5.88. The second-order valence-electron chi connectivity index (χ2n) is 5.42. The minimum Gasteiger partial charge on any atom is -0.394 e. The van der Waals surface area contributed by atoms with Gasteiger partial charge in [0, 0.05) is 10.7 Å². The molecule has 0 amide bonds. The van der Waals surface area contributed by atoms with Crippen molar-refractivity contribution >= 4 is 17.3 Å². The first kappa shape index (κ1) is 13.7. The third-order valence-electron chi connectivity index (χ3n) is 4.20. The van der Waals surface area contributed by atoms with E-state index in [1.807, 2.05) is 24.3 Å². The molecule has 0 saturated heterocycles. The van der Waals surface area contributed by atoms with Crippen LogP contribution >= 0.6 is 11.6 Å². The maximum absolute atomic E-state index is 9.73. The average molecular weight is 268 g/mol. The molecular weight excluding hydrogens is 246 g/mol. The van der Waals surface area contributed by atoms with Gasteiger partial charge in [-0.25, -0.2) is 0 Å². The smallest absolute Gasteiger partial charge is 0.0661 e. The molecule has 3 heteroatoms. The van der Waals surface area contributed by atoms with Gasteiger partial charge in [0.2, 0.25) is 0 Å². The van der Waals surface area contributed by atoms with Gasteiger partial charge in [0.25, 0.3) is 0 Å². The van der Waals surface area contributed by atoms with E-state index in [1.165, 1.54) is 19.3 Å². The lowest BCUT2D eigenvalue weighted by molar-refractivity contribution is 0.150. The summed E-state index contributed by atoms with van der Waals surface area (Å²) in [7, 11) is 0. The number of halogens is 1. The van der Waals surface area contributed by atoms with Gasteiger partial charge in [0.15, 0.2) is 0 Å². The number of hydrogen-bond donors (Lipinski definition) is 2. The van der Waals surface area contributed by atoms with E-state index >= 15 is 0 Å². The van der Waals surface area contributed by atoms with E-state index in [0.717, 1.165) is 29.5 Å². The van der Waals surface area contributed by atoms with Crippen LogP contribution in [0.3, 0.4) is 0 Å². The van der Waals surface area contributed by atoms with Crippen LogP contribution in [0.2, 0.25) is 5.02 Å². The zero-order chi connectivity index (χ0) is 13.0. The Morgan fingerprint density at radius 1 is 1.28 bits per heavy atom. The Morgan fingerprint density at radius 2 is 1.89 bits per heavy atom. The van der Waals surface area contributed by atoms with Crippen LogP contribution in [0.15, 0.2) is 24.3 Å². The summed E-state index contributed by atoms with van der Waals surface area (Å²) in [5.41, 5.74) is 0.905. The van der Waals surface area contributed by atoms with Crippen LogP contribution in [0.4, 0.5) is 5.69 Å². The SMILES string of the molecule is CCC1CCC(CO)(Nc2ccc(Cl)cc2)CC1. The first-order valence-corrected chi connectivity index (χ1v) is 7.20. The van der Waals surface area contributed by atoms with Crippen LogP contribution in [-0.2, 0) is 0 Å². The third kappa shape index (κ3) is 3.18. The van der Waals surface area contributed by atoms with E-state index < -0.39 is 0 Å². The Labute approximate surface area is 114 Å². The summed E-state index contributed by atoms with van der Waals surface area (Å²) in [6.45, 7) is 2.45. The fourth-order valence-electron chi connectivity index (χ4n) is 2.80. The molecule has 1 aliphatic carbocycles. The summed E-state index contributed by atoms with van der Waals surface area (Å²) in [5, 5.41) is 14.0. The highest BCUT2D eigenvalue weighted by molar-refractivity contribution is 6.30. The fraction of sp³-hybridized carbons (Fsp3) is 0.600. The van der Waals surface area contributed by atoms with E-state index in [2.05, 4.69) is 12.2 Å². The van der Waals surface area contributed by atoms with Gasteiger partial charge >= 0.3 is 0 Å². The topological polar surface area (TPSA) is 32.3 Å². The van der Waals surface area contributed by atoms with Crippen molar-refractivity contribution in [1.29, 1.82) is 0 Å². The van der Waals surface area contributed by atoms with Crippen molar-refractivity contribution in [3.05, 3.63) is 29.3 Å². The molecule has 1 aromatic rings. The highest BCUT2D eigenvalue weighted by Crippen LogP contribution is 2.36. The molecule has 0 unspecified atom stereocenters. The zero-order valence-electron chi connectivity index (χ0n) is 11.0. The Balaban J connectivity index is 2.03. The van der Waals surface area contributed by atoms with Crippen molar-refractivity contribution in [3.63, 3.8) is 0 Å². The van der Waals surface area contributed by atoms with Crippen LogP contribution in [0.1, 0.15) is 39.0 Å². The van der Waals surface area contributed by atoms with Gasteiger partial charge in [-0.15, -0.1) is 0 Å². The Bertz CT molecular complexity index is 369. The second kappa shape index (κ2) is 5.94. The van der Waals surface area contributed by atoms with Crippen molar-refractivity contribution in [2.24, 2.45) is 5.92 Å². The Morgan fingerprint density at radius 3 is 2.39 bits per heavy atom. The molecule has 0 aromatic heterocycles. The van der Waals surface area contributed by atoms with Crippen molar-refractivity contribution in [2.45, 2.75) is 44.6 Å². The first-order chi connectivity index (χ1) is 8.67. The summed E-state index contributed by atoms with van der Waals surface area (Å²) in [4.78, 5) is 0. The predicted octanol–water partition coefficient (Wildman–Crippen LogP) is 4.08. The molecule has 2 N–H and O–H groups in total. The number of anilines is 1. The monoisotopic (exact) mass is 267 g/mol. The summed E-state index contributed by atoms with van der Waals surface area (Å²) in [6, 6.07) is 7.72. The maximum atomic E-state index is 9.73. The molecule has 0 heterocycles. The van der Waals surface area contributed by atoms with Gasteiger partial charge in [0.1, 0.15) is 0 Å². The highest BCUT2D eigenvalue weighted by atomic mass is 35.5. The summed E-state index contributed by atoms with van der Waals surface area (Å²) < 4.78 is 0. The first-order valence-electron chi connectivity index (χ1n) is 6.82. The molecule has 18 heavy (non-hydrogen) atoms. The number of aliphatic hydroxyl groups excluding tert-OH is 1.